The third-order valence-corrected chi connectivity index (χ3v) is 8.06. The number of aromatic nitrogens is 2. The molecule has 2 aromatic rings. The summed E-state index contributed by atoms with van der Waals surface area (Å²) in [5.41, 5.74) is 4.92. The minimum absolute atomic E-state index is 0. The molecule has 0 saturated carbocycles. The Morgan fingerprint density at radius 3 is 2.55 bits per heavy atom. The predicted molar refractivity (Wildman–Crippen MR) is 158 cm³/mol. The van der Waals surface area contributed by atoms with Gasteiger partial charge in [0.2, 0.25) is 5.91 Å². The number of fused-ring (bicyclic) bond motifs is 1. The van der Waals surface area contributed by atoms with Crippen molar-refractivity contribution in [1.29, 1.82) is 0 Å². The van der Waals surface area contributed by atoms with Gasteiger partial charge in [0.1, 0.15) is 12.4 Å². The van der Waals surface area contributed by atoms with E-state index in [0.717, 1.165) is 57.1 Å². The minimum Gasteiger partial charge on any atom is -0.462 e. The van der Waals surface area contributed by atoms with Crippen LogP contribution in [0.5, 0.6) is 6.01 Å². The van der Waals surface area contributed by atoms with Crippen molar-refractivity contribution >= 4 is 30.9 Å². The molecule has 2 saturated heterocycles. The summed E-state index contributed by atoms with van der Waals surface area (Å²) in [6, 6.07) is 9.59. The second-order valence-corrected chi connectivity index (χ2v) is 10.7. The molecule has 0 aliphatic carbocycles. The molecule has 1 aromatic heterocycles. The largest absolute Gasteiger partial charge is 0.462 e. The van der Waals surface area contributed by atoms with E-state index in [1.165, 1.54) is 29.3 Å². The Bertz CT molecular complexity index is 1130. The zero-order valence-electron chi connectivity index (χ0n) is 23.0. The average Bonchev–Trinajstić information content (AvgIpc) is 3.35. The number of likely N-dealkylation sites (tertiary alicyclic amines) is 1. The lowest BCUT2D eigenvalue weighted by atomic mass is 9.98. The fourth-order valence-corrected chi connectivity index (χ4v) is 5.81. The maximum absolute atomic E-state index is 12.1. The van der Waals surface area contributed by atoms with E-state index < -0.39 is 0 Å². The van der Waals surface area contributed by atoms with Gasteiger partial charge in [0, 0.05) is 50.0 Å². The Hall–Kier alpha value is -2.78. The fraction of sp³-hybridized carbons (Fsp3) is 0.552. The van der Waals surface area contributed by atoms with Crippen molar-refractivity contribution in [2.75, 3.05) is 62.7 Å². The Morgan fingerprint density at radius 1 is 1.11 bits per heavy atom. The number of rotatable bonds is 7. The number of hydrogen-bond acceptors (Lipinski definition) is 7. The molecule has 1 amide bonds. The quantitative estimate of drug-likeness (QED) is 0.499. The summed E-state index contributed by atoms with van der Waals surface area (Å²) in [5, 5.41) is 0. The van der Waals surface area contributed by atoms with Gasteiger partial charge in [0.05, 0.1) is 12.2 Å². The highest BCUT2D eigenvalue weighted by Gasteiger charge is 2.30. The monoisotopic (exact) mass is 538 g/mol. The van der Waals surface area contributed by atoms with Crippen molar-refractivity contribution in [3.8, 4) is 6.01 Å². The van der Waals surface area contributed by atoms with Crippen LogP contribution in [0.15, 0.2) is 36.9 Å². The highest BCUT2D eigenvalue weighted by atomic mass is 32.1. The summed E-state index contributed by atoms with van der Waals surface area (Å²) in [6.45, 7) is 14.3. The molecule has 9 heteroatoms. The van der Waals surface area contributed by atoms with E-state index in [1.54, 1.807) is 0 Å². The van der Waals surface area contributed by atoms with Crippen molar-refractivity contribution in [2.45, 2.75) is 51.6 Å². The number of likely N-dealkylation sites (N-methyl/N-ethyl adjacent to an activating group) is 1. The first-order chi connectivity index (χ1) is 17.9. The van der Waals surface area contributed by atoms with Gasteiger partial charge in [-0.2, -0.15) is 23.5 Å². The smallest absolute Gasteiger partial charge is 0.318 e. The van der Waals surface area contributed by atoms with Crippen molar-refractivity contribution < 1.29 is 9.53 Å². The summed E-state index contributed by atoms with van der Waals surface area (Å²) in [4.78, 5) is 31.0. The molecular weight excluding hydrogens is 496 g/mol. The molecule has 0 bridgehead atoms. The van der Waals surface area contributed by atoms with E-state index >= 15 is 0 Å². The van der Waals surface area contributed by atoms with Crippen LogP contribution in [-0.4, -0.2) is 84.6 Å². The van der Waals surface area contributed by atoms with Crippen LogP contribution in [0, 0.1) is 0 Å². The molecule has 1 unspecified atom stereocenters. The van der Waals surface area contributed by atoms with Crippen LogP contribution >= 0.6 is 13.5 Å². The molecule has 0 N–H and O–H groups in total. The van der Waals surface area contributed by atoms with Crippen molar-refractivity contribution in [3.05, 3.63) is 53.7 Å². The lowest BCUT2D eigenvalue weighted by Crippen LogP contribution is -2.49. The van der Waals surface area contributed by atoms with E-state index in [4.69, 9.17) is 14.7 Å². The molecule has 206 valence electrons. The first-order valence-corrected chi connectivity index (χ1v) is 13.7. The van der Waals surface area contributed by atoms with Crippen LogP contribution in [0.3, 0.4) is 0 Å². The van der Waals surface area contributed by atoms with Gasteiger partial charge in [-0.1, -0.05) is 38.6 Å². The van der Waals surface area contributed by atoms with E-state index in [9.17, 15) is 4.79 Å². The number of nitrogens with zero attached hydrogens (tertiary/aromatic N) is 6. The van der Waals surface area contributed by atoms with Crippen LogP contribution in [0.25, 0.3) is 0 Å². The summed E-state index contributed by atoms with van der Waals surface area (Å²) >= 11 is 0. The predicted octanol–water partition coefficient (Wildman–Crippen LogP) is 3.58. The van der Waals surface area contributed by atoms with Gasteiger partial charge in [-0.15, -0.1) is 0 Å². The van der Waals surface area contributed by atoms with E-state index in [0.29, 0.717) is 37.7 Å². The average molecular weight is 539 g/mol. The van der Waals surface area contributed by atoms with Crippen LogP contribution in [0.4, 0.5) is 11.5 Å². The first-order valence-electron chi connectivity index (χ1n) is 13.7. The molecule has 5 rings (SSSR count). The zero-order chi connectivity index (χ0) is 25.9. The number of ether oxygens (including phenoxy) is 1. The van der Waals surface area contributed by atoms with Gasteiger partial charge in [-0.05, 0) is 56.5 Å². The highest BCUT2D eigenvalue weighted by molar-refractivity contribution is 7.59. The van der Waals surface area contributed by atoms with Crippen molar-refractivity contribution in [2.24, 2.45) is 0 Å². The number of anilines is 2. The summed E-state index contributed by atoms with van der Waals surface area (Å²) < 4.78 is 6.25. The molecule has 1 atom stereocenters. The second-order valence-electron chi connectivity index (χ2n) is 10.7. The topological polar surface area (TPSA) is 65.0 Å². The van der Waals surface area contributed by atoms with Crippen LogP contribution in [0.2, 0.25) is 0 Å². The molecule has 2 fully saturated rings. The van der Waals surface area contributed by atoms with Gasteiger partial charge >= 0.3 is 6.01 Å². The molecule has 38 heavy (non-hydrogen) atoms. The van der Waals surface area contributed by atoms with Gasteiger partial charge < -0.3 is 24.3 Å². The standard InChI is InChI=1S/C29H40N6O2.H2S/c1-5-27(36)33-15-17-34(18-16-33)28-24-12-14-35(26-11-7-6-10-23(26)21(2)3)19-25(24)30-29(31-28)37-20-22-9-8-13-32(22)4;/h5-7,10-11,21-22H,1,8-9,12-20H2,2-4H3;1H2. The molecule has 0 radical (unpaired) electrons. The lowest BCUT2D eigenvalue weighted by molar-refractivity contribution is -0.126. The molecule has 8 nitrogen and oxygen atoms in total. The van der Waals surface area contributed by atoms with Crippen molar-refractivity contribution in [1.82, 2.24) is 19.8 Å². The second kappa shape index (κ2) is 12.4. The Balaban J connectivity index is 0.00000336. The zero-order valence-corrected chi connectivity index (χ0v) is 24.0. The third kappa shape index (κ3) is 5.94. The summed E-state index contributed by atoms with van der Waals surface area (Å²) in [7, 11) is 2.16. The maximum atomic E-state index is 12.1. The first kappa shape index (κ1) is 28.2. The molecule has 1 aromatic carbocycles. The molecular formula is C29H42N6O2S. The van der Waals surface area contributed by atoms with Gasteiger partial charge in [0.15, 0.2) is 0 Å². The molecule has 0 spiro atoms. The summed E-state index contributed by atoms with van der Waals surface area (Å²) in [5.74, 6) is 1.42. The number of amides is 1. The third-order valence-electron chi connectivity index (χ3n) is 8.06. The van der Waals surface area contributed by atoms with E-state index in [2.05, 4.69) is 66.4 Å². The Kier molecular flexibility index (Phi) is 9.20. The molecule has 4 heterocycles. The molecule has 3 aliphatic heterocycles. The summed E-state index contributed by atoms with van der Waals surface area (Å²) in [6.07, 6.45) is 4.64. The van der Waals surface area contributed by atoms with E-state index in [-0.39, 0.29) is 19.4 Å². The number of carbonyl (C=O) groups excluding carboxylic acids is 1. The Labute approximate surface area is 234 Å². The minimum atomic E-state index is -0.00599. The Morgan fingerprint density at radius 2 is 1.87 bits per heavy atom. The fourth-order valence-electron chi connectivity index (χ4n) is 5.81. The SMILES string of the molecule is C=CC(=O)N1CCN(c2nc(OCC3CCCN3C)nc3c2CCN(c2ccccc2C(C)C)C3)CC1.S. The normalized spacial score (nSPS) is 19.8. The van der Waals surface area contributed by atoms with Crippen LogP contribution < -0.4 is 14.5 Å². The van der Waals surface area contributed by atoms with Crippen molar-refractivity contribution in [3.63, 3.8) is 0 Å². The van der Waals surface area contributed by atoms with E-state index in [1.807, 2.05) is 4.90 Å². The van der Waals surface area contributed by atoms with Crippen LogP contribution in [-0.2, 0) is 17.8 Å². The lowest BCUT2D eigenvalue weighted by Gasteiger charge is -2.38. The number of para-hydroxylation sites is 1. The number of hydrogen-bond donors (Lipinski definition) is 0. The highest BCUT2D eigenvalue weighted by Crippen LogP contribution is 2.34. The number of carbonyl (C=O) groups is 1. The maximum Gasteiger partial charge on any atom is 0.318 e. The molecule has 3 aliphatic rings. The van der Waals surface area contributed by atoms with Crippen LogP contribution in [0.1, 0.15) is 49.4 Å². The number of piperazine rings is 1. The number of benzene rings is 1. The van der Waals surface area contributed by atoms with Gasteiger partial charge in [-0.25, -0.2) is 0 Å². The van der Waals surface area contributed by atoms with Gasteiger partial charge in [0.25, 0.3) is 0 Å². The van der Waals surface area contributed by atoms with Gasteiger partial charge in [-0.3, -0.25) is 4.79 Å².